The van der Waals surface area contributed by atoms with Crippen LogP contribution >= 0.6 is 0 Å². The van der Waals surface area contributed by atoms with Crippen molar-refractivity contribution >= 4 is 23.8 Å². The molecule has 2 amide bonds. The first kappa shape index (κ1) is 22.1. The molecule has 9 nitrogen and oxygen atoms in total. The Labute approximate surface area is 156 Å². The molecule has 0 fully saturated rings. The van der Waals surface area contributed by atoms with Crippen LogP contribution in [0.1, 0.15) is 25.8 Å². The molecule has 0 aliphatic rings. The summed E-state index contributed by atoms with van der Waals surface area (Å²) in [4.78, 5) is 46.8. The van der Waals surface area contributed by atoms with E-state index < -0.39 is 48.3 Å². The maximum Gasteiger partial charge on any atom is 0.326 e. The number of aliphatic carboxylic acids is 2. The summed E-state index contributed by atoms with van der Waals surface area (Å²) < 4.78 is 0. The smallest absolute Gasteiger partial charge is 0.326 e. The number of amides is 2. The lowest BCUT2D eigenvalue weighted by Gasteiger charge is -2.24. The fraction of sp³-hybridized carbons (Fsp3) is 0.444. The van der Waals surface area contributed by atoms with Gasteiger partial charge in [-0.2, -0.15) is 0 Å². The van der Waals surface area contributed by atoms with E-state index in [-0.39, 0.29) is 12.3 Å². The Morgan fingerprint density at radius 3 is 2.07 bits per heavy atom. The summed E-state index contributed by atoms with van der Waals surface area (Å²) in [5.41, 5.74) is 6.28. The summed E-state index contributed by atoms with van der Waals surface area (Å²) >= 11 is 0. The predicted octanol–water partition coefficient (Wildman–Crippen LogP) is -0.259. The van der Waals surface area contributed by atoms with Crippen molar-refractivity contribution in [2.45, 2.75) is 44.8 Å². The summed E-state index contributed by atoms with van der Waals surface area (Å²) in [6.07, 6.45) is -0.488. The third-order valence-corrected chi connectivity index (χ3v) is 3.88. The normalized spacial score (nSPS) is 14.1. The summed E-state index contributed by atoms with van der Waals surface area (Å²) in [5.74, 6) is -4.28. The van der Waals surface area contributed by atoms with Gasteiger partial charge in [0.25, 0.3) is 0 Å². The highest BCUT2D eigenvalue weighted by atomic mass is 16.4. The molecule has 0 aliphatic heterocycles. The highest BCUT2D eigenvalue weighted by molar-refractivity contribution is 5.93. The van der Waals surface area contributed by atoms with Crippen LogP contribution in [0.4, 0.5) is 0 Å². The van der Waals surface area contributed by atoms with Gasteiger partial charge in [-0.25, -0.2) is 4.79 Å². The highest BCUT2D eigenvalue weighted by Crippen LogP contribution is 2.07. The maximum atomic E-state index is 12.6. The van der Waals surface area contributed by atoms with E-state index in [0.29, 0.717) is 0 Å². The average Bonchev–Trinajstić information content (AvgIpc) is 2.58. The highest BCUT2D eigenvalue weighted by Gasteiger charge is 2.30. The van der Waals surface area contributed by atoms with Crippen LogP contribution in [0.25, 0.3) is 0 Å². The molecule has 0 saturated carbocycles. The number of hydrogen-bond donors (Lipinski definition) is 5. The van der Waals surface area contributed by atoms with Gasteiger partial charge in [-0.05, 0) is 11.5 Å². The second kappa shape index (κ2) is 10.3. The van der Waals surface area contributed by atoms with Crippen LogP contribution in [0.15, 0.2) is 30.3 Å². The largest absolute Gasteiger partial charge is 0.481 e. The van der Waals surface area contributed by atoms with Crippen LogP contribution in [0.5, 0.6) is 0 Å². The quantitative estimate of drug-likeness (QED) is 0.374. The topological polar surface area (TPSA) is 159 Å². The fourth-order valence-corrected chi connectivity index (χ4v) is 2.39. The fourth-order valence-electron chi connectivity index (χ4n) is 2.39. The minimum Gasteiger partial charge on any atom is -0.481 e. The minimum atomic E-state index is -1.33. The standard InChI is InChI=1S/C18H25N3O6/c1-10(2)15(18(26)27)21-17(25)13(8-11-6-4-3-5-7-11)20-16(24)12(19)9-14(22)23/h3-7,10,12-13,15H,8-9,19H2,1-2H3,(H,20,24)(H,21,25)(H,22,23)(H,26,27). The van der Waals surface area contributed by atoms with Crippen molar-refractivity contribution in [2.75, 3.05) is 0 Å². The first-order chi connectivity index (χ1) is 12.6. The van der Waals surface area contributed by atoms with E-state index >= 15 is 0 Å². The van der Waals surface area contributed by atoms with Crippen molar-refractivity contribution < 1.29 is 29.4 Å². The number of carboxylic acid groups (broad SMARTS) is 2. The molecule has 0 aliphatic carbocycles. The molecule has 6 N–H and O–H groups in total. The molecule has 27 heavy (non-hydrogen) atoms. The Balaban J connectivity index is 2.95. The van der Waals surface area contributed by atoms with Gasteiger partial charge in [0, 0.05) is 6.42 Å². The van der Waals surface area contributed by atoms with Gasteiger partial charge in [-0.15, -0.1) is 0 Å². The zero-order valence-electron chi connectivity index (χ0n) is 15.2. The van der Waals surface area contributed by atoms with Gasteiger partial charge in [-0.3, -0.25) is 14.4 Å². The molecule has 0 radical (unpaired) electrons. The first-order valence-electron chi connectivity index (χ1n) is 8.46. The summed E-state index contributed by atoms with van der Waals surface area (Å²) in [5, 5.41) is 22.8. The molecule has 0 aromatic heterocycles. The van der Waals surface area contributed by atoms with E-state index in [1.165, 1.54) is 0 Å². The van der Waals surface area contributed by atoms with Crippen molar-refractivity contribution in [2.24, 2.45) is 11.7 Å². The van der Waals surface area contributed by atoms with Gasteiger partial charge in [0.2, 0.25) is 11.8 Å². The lowest BCUT2D eigenvalue weighted by molar-refractivity contribution is -0.143. The molecule has 0 saturated heterocycles. The van der Waals surface area contributed by atoms with Crippen LogP contribution in [-0.4, -0.2) is 52.1 Å². The lowest BCUT2D eigenvalue weighted by Crippen LogP contribution is -2.56. The molecule has 1 aromatic carbocycles. The minimum absolute atomic E-state index is 0.0998. The molecule has 1 rings (SSSR count). The molecule has 9 heteroatoms. The van der Waals surface area contributed by atoms with Gasteiger partial charge >= 0.3 is 11.9 Å². The van der Waals surface area contributed by atoms with E-state index in [1.54, 1.807) is 44.2 Å². The van der Waals surface area contributed by atoms with Crippen LogP contribution < -0.4 is 16.4 Å². The van der Waals surface area contributed by atoms with Crippen molar-refractivity contribution in [3.8, 4) is 0 Å². The summed E-state index contributed by atoms with van der Waals surface area (Å²) in [7, 11) is 0. The molecule has 148 valence electrons. The van der Waals surface area contributed by atoms with Gasteiger partial charge in [-0.1, -0.05) is 44.2 Å². The van der Waals surface area contributed by atoms with Crippen molar-refractivity contribution in [1.29, 1.82) is 0 Å². The second-order valence-corrected chi connectivity index (χ2v) is 6.52. The number of carboxylic acids is 2. The monoisotopic (exact) mass is 379 g/mol. The van der Waals surface area contributed by atoms with Gasteiger partial charge in [0.15, 0.2) is 0 Å². The Bertz CT molecular complexity index is 677. The van der Waals surface area contributed by atoms with E-state index in [4.69, 9.17) is 10.8 Å². The van der Waals surface area contributed by atoms with Crippen molar-refractivity contribution in [1.82, 2.24) is 10.6 Å². The first-order valence-corrected chi connectivity index (χ1v) is 8.46. The number of hydrogen-bond acceptors (Lipinski definition) is 5. The zero-order chi connectivity index (χ0) is 20.6. The third kappa shape index (κ3) is 7.45. The van der Waals surface area contributed by atoms with Gasteiger partial charge in [0.05, 0.1) is 12.5 Å². The molecule has 0 bridgehead atoms. The molecule has 0 spiro atoms. The summed E-state index contributed by atoms with van der Waals surface area (Å²) in [6, 6.07) is 5.27. The van der Waals surface area contributed by atoms with E-state index in [0.717, 1.165) is 5.56 Å². The van der Waals surface area contributed by atoms with Crippen LogP contribution in [-0.2, 0) is 25.6 Å². The molecule has 3 atom stereocenters. The Kier molecular flexibility index (Phi) is 8.40. The van der Waals surface area contributed by atoms with E-state index in [9.17, 15) is 24.3 Å². The van der Waals surface area contributed by atoms with E-state index in [1.807, 2.05) is 0 Å². The van der Waals surface area contributed by atoms with E-state index in [2.05, 4.69) is 10.6 Å². The third-order valence-electron chi connectivity index (χ3n) is 3.88. The Morgan fingerprint density at radius 1 is 1.00 bits per heavy atom. The number of benzene rings is 1. The van der Waals surface area contributed by atoms with Crippen molar-refractivity contribution in [3.63, 3.8) is 0 Å². The van der Waals surface area contributed by atoms with Crippen LogP contribution in [0.3, 0.4) is 0 Å². The lowest BCUT2D eigenvalue weighted by atomic mass is 10.0. The van der Waals surface area contributed by atoms with Gasteiger partial charge in [0.1, 0.15) is 12.1 Å². The Morgan fingerprint density at radius 2 is 1.59 bits per heavy atom. The molecule has 1 aromatic rings. The molecule has 3 unspecified atom stereocenters. The predicted molar refractivity (Wildman–Crippen MR) is 96.7 cm³/mol. The summed E-state index contributed by atoms with van der Waals surface area (Å²) in [6.45, 7) is 3.29. The van der Waals surface area contributed by atoms with Gasteiger partial charge < -0.3 is 26.6 Å². The van der Waals surface area contributed by atoms with Crippen LogP contribution in [0.2, 0.25) is 0 Å². The SMILES string of the molecule is CC(C)C(NC(=O)C(Cc1ccccc1)NC(=O)C(N)CC(=O)O)C(=O)O. The molecular formula is C18H25N3O6. The number of nitrogens with one attached hydrogen (secondary N) is 2. The van der Waals surface area contributed by atoms with Crippen LogP contribution in [0, 0.1) is 5.92 Å². The second-order valence-electron chi connectivity index (χ2n) is 6.52. The molecule has 0 heterocycles. The number of carbonyl (C=O) groups excluding carboxylic acids is 2. The average molecular weight is 379 g/mol. The number of rotatable bonds is 10. The zero-order valence-corrected chi connectivity index (χ0v) is 15.2. The number of carbonyl (C=O) groups is 4. The van der Waals surface area contributed by atoms with Crippen molar-refractivity contribution in [3.05, 3.63) is 35.9 Å². The molecular weight excluding hydrogens is 354 g/mol. The maximum absolute atomic E-state index is 12.6. The Hall–Kier alpha value is -2.94. The number of nitrogens with two attached hydrogens (primary N) is 1.